The van der Waals surface area contributed by atoms with Crippen LogP contribution in [0.5, 0.6) is 0 Å². The lowest BCUT2D eigenvalue weighted by molar-refractivity contribution is -0.116. The van der Waals surface area contributed by atoms with Crippen molar-refractivity contribution >= 4 is 11.6 Å². The molecular weight excluding hydrogens is 190 g/mol. The number of carbonyl (C=O) groups excluding carboxylic acids is 1. The number of hydrogen-bond donors (Lipinski definition) is 2. The highest BCUT2D eigenvalue weighted by Gasteiger charge is 2.42. The average molecular weight is 203 g/mol. The summed E-state index contributed by atoms with van der Waals surface area (Å²) in [6.45, 7) is 0. The van der Waals surface area contributed by atoms with E-state index < -0.39 is 5.60 Å². The maximum atomic E-state index is 11.2. The van der Waals surface area contributed by atoms with Crippen LogP contribution in [0.4, 0.5) is 5.69 Å². The standard InChI is InChI=1S/C12H13NO2/c14-11-4-2-8-1-3-9(7-10(8)13-11)12(15)5-6-12/h1,3,7,15H,2,4-6H2,(H,13,14). The molecule has 15 heavy (non-hydrogen) atoms. The van der Waals surface area contributed by atoms with Crippen molar-refractivity contribution in [3.8, 4) is 0 Å². The molecule has 0 bridgehead atoms. The Morgan fingerprint density at radius 2 is 2.07 bits per heavy atom. The molecule has 1 aliphatic carbocycles. The van der Waals surface area contributed by atoms with Gasteiger partial charge in [-0.2, -0.15) is 0 Å². The van der Waals surface area contributed by atoms with Crippen molar-refractivity contribution in [3.05, 3.63) is 29.3 Å². The van der Waals surface area contributed by atoms with E-state index in [4.69, 9.17) is 0 Å². The summed E-state index contributed by atoms with van der Waals surface area (Å²) in [5.41, 5.74) is 2.37. The van der Waals surface area contributed by atoms with Gasteiger partial charge in [0, 0.05) is 12.1 Å². The van der Waals surface area contributed by atoms with E-state index >= 15 is 0 Å². The first-order chi connectivity index (χ1) is 7.17. The zero-order chi connectivity index (χ0) is 10.5. The Morgan fingerprint density at radius 1 is 1.27 bits per heavy atom. The number of rotatable bonds is 1. The maximum absolute atomic E-state index is 11.2. The van der Waals surface area contributed by atoms with E-state index in [1.165, 1.54) is 5.56 Å². The van der Waals surface area contributed by atoms with Crippen LogP contribution in [0.25, 0.3) is 0 Å². The van der Waals surface area contributed by atoms with Crippen LogP contribution < -0.4 is 5.32 Å². The van der Waals surface area contributed by atoms with Gasteiger partial charge in [-0.3, -0.25) is 4.79 Å². The molecule has 3 heteroatoms. The minimum atomic E-state index is -0.614. The molecule has 1 heterocycles. The fraction of sp³-hybridized carbons (Fsp3) is 0.417. The number of nitrogens with one attached hydrogen (secondary N) is 1. The summed E-state index contributed by atoms with van der Waals surface area (Å²) < 4.78 is 0. The van der Waals surface area contributed by atoms with Gasteiger partial charge in [-0.05, 0) is 36.5 Å². The molecule has 1 fully saturated rings. The van der Waals surface area contributed by atoms with Gasteiger partial charge in [0.1, 0.15) is 0 Å². The van der Waals surface area contributed by atoms with E-state index in [9.17, 15) is 9.90 Å². The Morgan fingerprint density at radius 3 is 2.80 bits per heavy atom. The van der Waals surface area contributed by atoms with Crippen molar-refractivity contribution in [3.63, 3.8) is 0 Å². The van der Waals surface area contributed by atoms with E-state index in [0.29, 0.717) is 6.42 Å². The third-order valence-corrected chi connectivity index (χ3v) is 3.27. The topological polar surface area (TPSA) is 49.3 Å². The fourth-order valence-corrected chi connectivity index (χ4v) is 2.07. The third kappa shape index (κ3) is 1.43. The first-order valence-electron chi connectivity index (χ1n) is 5.33. The largest absolute Gasteiger partial charge is 0.385 e. The lowest BCUT2D eigenvalue weighted by Gasteiger charge is -2.19. The molecule has 2 N–H and O–H groups in total. The first kappa shape index (κ1) is 8.92. The van der Waals surface area contributed by atoms with Gasteiger partial charge >= 0.3 is 0 Å². The molecule has 1 aliphatic heterocycles. The molecule has 0 saturated heterocycles. The highest BCUT2D eigenvalue weighted by atomic mass is 16.3. The van der Waals surface area contributed by atoms with Crippen LogP contribution in [-0.4, -0.2) is 11.0 Å². The number of hydrogen-bond acceptors (Lipinski definition) is 2. The van der Waals surface area contributed by atoms with Gasteiger partial charge in [-0.25, -0.2) is 0 Å². The summed E-state index contributed by atoms with van der Waals surface area (Å²) in [5.74, 6) is 0.0717. The zero-order valence-corrected chi connectivity index (χ0v) is 8.42. The summed E-state index contributed by atoms with van der Waals surface area (Å²) in [7, 11) is 0. The number of fused-ring (bicyclic) bond motifs is 1. The SMILES string of the molecule is O=C1CCc2ccc(C3(O)CC3)cc2N1. The van der Waals surface area contributed by atoms with Crippen LogP contribution in [0.2, 0.25) is 0 Å². The van der Waals surface area contributed by atoms with Crippen LogP contribution >= 0.6 is 0 Å². The highest BCUT2D eigenvalue weighted by Crippen LogP contribution is 2.46. The smallest absolute Gasteiger partial charge is 0.224 e. The Balaban J connectivity index is 2.01. The van der Waals surface area contributed by atoms with Crippen molar-refractivity contribution in [1.82, 2.24) is 0 Å². The minimum Gasteiger partial charge on any atom is -0.385 e. The first-order valence-corrected chi connectivity index (χ1v) is 5.33. The fourth-order valence-electron chi connectivity index (χ4n) is 2.07. The van der Waals surface area contributed by atoms with Crippen LogP contribution in [0.1, 0.15) is 30.4 Å². The van der Waals surface area contributed by atoms with Gasteiger partial charge in [0.15, 0.2) is 0 Å². The molecule has 78 valence electrons. The van der Waals surface area contributed by atoms with Crippen molar-refractivity contribution in [2.45, 2.75) is 31.3 Å². The third-order valence-electron chi connectivity index (χ3n) is 3.27. The van der Waals surface area contributed by atoms with Gasteiger partial charge < -0.3 is 10.4 Å². The summed E-state index contributed by atoms with van der Waals surface area (Å²) in [6.07, 6.45) is 3.04. The summed E-state index contributed by atoms with van der Waals surface area (Å²) in [5, 5.41) is 12.8. The number of carbonyl (C=O) groups is 1. The maximum Gasteiger partial charge on any atom is 0.224 e. The minimum absolute atomic E-state index is 0.0717. The molecule has 1 aromatic carbocycles. The summed E-state index contributed by atoms with van der Waals surface area (Å²) in [6, 6.07) is 5.91. The van der Waals surface area contributed by atoms with E-state index in [0.717, 1.165) is 30.5 Å². The van der Waals surface area contributed by atoms with E-state index in [1.54, 1.807) is 0 Å². The van der Waals surface area contributed by atoms with Gasteiger partial charge in [0.2, 0.25) is 5.91 Å². The molecule has 1 aromatic rings. The van der Waals surface area contributed by atoms with Crippen LogP contribution in [-0.2, 0) is 16.8 Å². The van der Waals surface area contributed by atoms with Gasteiger partial charge in [-0.15, -0.1) is 0 Å². The molecular formula is C12H13NO2. The number of aliphatic hydroxyl groups is 1. The number of aryl methyl sites for hydroxylation is 1. The van der Waals surface area contributed by atoms with Gasteiger partial charge in [-0.1, -0.05) is 12.1 Å². The van der Waals surface area contributed by atoms with Crippen LogP contribution in [0.3, 0.4) is 0 Å². The van der Waals surface area contributed by atoms with Gasteiger partial charge in [0.25, 0.3) is 0 Å². The second kappa shape index (κ2) is 2.83. The molecule has 0 radical (unpaired) electrons. The molecule has 2 aliphatic rings. The van der Waals surface area contributed by atoms with Crippen LogP contribution in [0, 0.1) is 0 Å². The van der Waals surface area contributed by atoms with Crippen molar-refractivity contribution in [2.75, 3.05) is 5.32 Å². The monoisotopic (exact) mass is 203 g/mol. The Bertz CT molecular complexity index is 435. The molecule has 0 atom stereocenters. The predicted molar refractivity (Wildman–Crippen MR) is 56.5 cm³/mol. The normalized spacial score (nSPS) is 21.8. The molecule has 0 unspecified atom stereocenters. The van der Waals surface area contributed by atoms with Crippen molar-refractivity contribution in [1.29, 1.82) is 0 Å². The molecule has 1 amide bonds. The van der Waals surface area contributed by atoms with Crippen molar-refractivity contribution in [2.24, 2.45) is 0 Å². The van der Waals surface area contributed by atoms with E-state index in [1.807, 2.05) is 18.2 Å². The van der Waals surface area contributed by atoms with E-state index in [-0.39, 0.29) is 5.91 Å². The predicted octanol–water partition coefficient (Wildman–Crippen LogP) is 1.55. The highest BCUT2D eigenvalue weighted by molar-refractivity contribution is 5.94. The molecule has 1 saturated carbocycles. The lowest BCUT2D eigenvalue weighted by atomic mass is 9.98. The number of anilines is 1. The molecule has 0 spiro atoms. The van der Waals surface area contributed by atoms with Crippen LogP contribution in [0.15, 0.2) is 18.2 Å². The quantitative estimate of drug-likeness (QED) is 0.727. The lowest BCUT2D eigenvalue weighted by Crippen LogP contribution is -2.19. The molecule has 3 nitrogen and oxygen atoms in total. The number of amides is 1. The number of benzene rings is 1. The second-order valence-corrected chi connectivity index (χ2v) is 4.45. The zero-order valence-electron chi connectivity index (χ0n) is 8.42. The van der Waals surface area contributed by atoms with Gasteiger partial charge in [0.05, 0.1) is 5.60 Å². The Labute approximate surface area is 88.1 Å². The molecule has 0 aromatic heterocycles. The summed E-state index contributed by atoms with van der Waals surface area (Å²) >= 11 is 0. The molecule has 3 rings (SSSR count). The Kier molecular flexibility index (Phi) is 1.68. The second-order valence-electron chi connectivity index (χ2n) is 4.45. The Hall–Kier alpha value is -1.35. The van der Waals surface area contributed by atoms with E-state index in [2.05, 4.69) is 5.32 Å². The van der Waals surface area contributed by atoms with Crippen molar-refractivity contribution < 1.29 is 9.90 Å². The summed E-state index contributed by atoms with van der Waals surface area (Å²) in [4.78, 5) is 11.2. The average Bonchev–Trinajstić information content (AvgIpc) is 2.97.